The normalized spacial score (nSPS) is 11.7. The van der Waals surface area contributed by atoms with Crippen LogP contribution in [0, 0.1) is 0 Å². The number of rotatable bonds is 7. The summed E-state index contributed by atoms with van der Waals surface area (Å²) in [6.45, 7) is 0.454. The van der Waals surface area contributed by atoms with Crippen molar-refractivity contribution in [2.24, 2.45) is 0 Å². The van der Waals surface area contributed by atoms with Crippen molar-refractivity contribution in [2.45, 2.75) is 12.5 Å². The van der Waals surface area contributed by atoms with Crippen LogP contribution in [0.4, 0.5) is 0 Å². The number of amides is 1. The fraction of sp³-hybridized carbons (Fsp3) is 0.278. The highest BCUT2D eigenvalue weighted by Gasteiger charge is 2.12. The lowest BCUT2D eigenvalue weighted by atomic mass is 10.1. The van der Waals surface area contributed by atoms with Gasteiger partial charge in [0.1, 0.15) is 5.75 Å². The Balaban J connectivity index is 1.86. The van der Waals surface area contributed by atoms with Crippen LogP contribution in [0.3, 0.4) is 0 Å². The molecule has 0 radical (unpaired) electrons. The van der Waals surface area contributed by atoms with Crippen LogP contribution in [0.2, 0.25) is 0 Å². The lowest BCUT2D eigenvalue weighted by Gasteiger charge is -2.16. The van der Waals surface area contributed by atoms with Crippen molar-refractivity contribution in [3.63, 3.8) is 0 Å². The highest BCUT2D eigenvalue weighted by atomic mass is 16.5. The fourth-order valence-electron chi connectivity index (χ4n) is 2.20. The molecule has 1 unspecified atom stereocenters. The third kappa shape index (κ3) is 4.60. The van der Waals surface area contributed by atoms with Gasteiger partial charge >= 0.3 is 0 Å². The van der Waals surface area contributed by atoms with E-state index in [0.717, 1.165) is 16.9 Å². The minimum atomic E-state index is -0.138. The van der Waals surface area contributed by atoms with Crippen molar-refractivity contribution < 1.29 is 14.3 Å². The van der Waals surface area contributed by atoms with Crippen molar-refractivity contribution in [1.82, 2.24) is 5.32 Å². The van der Waals surface area contributed by atoms with Gasteiger partial charge in [0.05, 0.1) is 19.6 Å². The van der Waals surface area contributed by atoms with E-state index in [0.29, 0.717) is 13.0 Å². The maximum atomic E-state index is 12.0. The van der Waals surface area contributed by atoms with Crippen LogP contribution >= 0.6 is 0 Å². The molecule has 0 bridgehead atoms. The van der Waals surface area contributed by atoms with E-state index in [9.17, 15) is 4.79 Å². The molecule has 1 N–H and O–H groups in total. The van der Waals surface area contributed by atoms with Crippen LogP contribution in [0.5, 0.6) is 5.75 Å². The summed E-state index contributed by atoms with van der Waals surface area (Å²) in [7, 11) is 3.27. The van der Waals surface area contributed by atoms with Crippen LogP contribution in [0.1, 0.15) is 17.2 Å². The van der Waals surface area contributed by atoms with Crippen molar-refractivity contribution in [3.8, 4) is 5.75 Å². The van der Waals surface area contributed by atoms with E-state index in [1.165, 1.54) is 0 Å². The van der Waals surface area contributed by atoms with E-state index in [1.807, 2.05) is 54.6 Å². The van der Waals surface area contributed by atoms with Gasteiger partial charge in [-0.1, -0.05) is 42.5 Å². The first-order chi connectivity index (χ1) is 10.7. The lowest BCUT2D eigenvalue weighted by molar-refractivity contribution is -0.121. The van der Waals surface area contributed by atoms with Crippen LogP contribution in [0.15, 0.2) is 54.6 Å². The second kappa shape index (κ2) is 8.20. The molecular weight excluding hydrogens is 278 g/mol. The molecule has 1 amide bonds. The van der Waals surface area contributed by atoms with Gasteiger partial charge in [-0.2, -0.15) is 0 Å². The summed E-state index contributed by atoms with van der Waals surface area (Å²) in [5.41, 5.74) is 2.00. The Hall–Kier alpha value is -2.33. The van der Waals surface area contributed by atoms with Crippen molar-refractivity contribution >= 4 is 5.91 Å². The van der Waals surface area contributed by atoms with Gasteiger partial charge in [0.25, 0.3) is 0 Å². The molecule has 0 aliphatic heterocycles. The zero-order valence-corrected chi connectivity index (χ0v) is 12.9. The van der Waals surface area contributed by atoms with Crippen molar-refractivity contribution in [2.75, 3.05) is 20.8 Å². The molecule has 4 heteroatoms. The van der Waals surface area contributed by atoms with Crippen molar-refractivity contribution in [3.05, 3.63) is 65.7 Å². The highest BCUT2D eigenvalue weighted by Crippen LogP contribution is 2.15. The second-order valence-electron chi connectivity index (χ2n) is 4.96. The number of hydrogen-bond donors (Lipinski definition) is 1. The third-order valence-electron chi connectivity index (χ3n) is 3.46. The maximum Gasteiger partial charge on any atom is 0.224 e. The Morgan fingerprint density at radius 1 is 1.05 bits per heavy atom. The number of carbonyl (C=O) groups is 1. The molecule has 2 aromatic carbocycles. The minimum Gasteiger partial charge on any atom is -0.497 e. The molecule has 0 heterocycles. The van der Waals surface area contributed by atoms with E-state index >= 15 is 0 Å². The Labute approximate surface area is 131 Å². The number of carbonyl (C=O) groups excluding carboxylic acids is 1. The zero-order valence-electron chi connectivity index (χ0n) is 12.9. The molecule has 0 aromatic heterocycles. The Kier molecular flexibility index (Phi) is 5.98. The van der Waals surface area contributed by atoms with Gasteiger partial charge in [-0.3, -0.25) is 4.79 Å². The number of hydrogen-bond acceptors (Lipinski definition) is 3. The molecular formula is C18H21NO3. The van der Waals surface area contributed by atoms with Gasteiger partial charge in [0, 0.05) is 13.7 Å². The smallest absolute Gasteiger partial charge is 0.224 e. The second-order valence-corrected chi connectivity index (χ2v) is 4.96. The molecule has 4 nitrogen and oxygen atoms in total. The zero-order chi connectivity index (χ0) is 15.8. The Morgan fingerprint density at radius 2 is 1.73 bits per heavy atom. The van der Waals surface area contributed by atoms with E-state index in [1.54, 1.807) is 14.2 Å². The highest BCUT2D eigenvalue weighted by molar-refractivity contribution is 5.78. The number of benzene rings is 2. The first kappa shape index (κ1) is 16.0. The van der Waals surface area contributed by atoms with Gasteiger partial charge in [-0.05, 0) is 23.3 Å². The van der Waals surface area contributed by atoms with Crippen LogP contribution < -0.4 is 10.1 Å². The quantitative estimate of drug-likeness (QED) is 0.855. The average Bonchev–Trinajstić information content (AvgIpc) is 2.57. The topological polar surface area (TPSA) is 47.6 Å². The van der Waals surface area contributed by atoms with E-state index in [-0.39, 0.29) is 12.0 Å². The van der Waals surface area contributed by atoms with Gasteiger partial charge in [-0.25, -0.2) is 0 Å². The number of nitrogens with one attached hydrogen (secondary N) is 1. The Bertz CT molecular complexity index is 581. The summed E-state index contributed by atoms with van der Waals surface area (Å²) < 4.78 is 10.5. The summed E-state index contributed by atoms with van der Waals surface area (Å²) in [6, 6.07) is 17.3. The van der Waals surface area contributed by atoms with E-state index < -0.39 is 0 Å². The molecule has 22 heavy (non-hydrogen) atoms. The third-order valence-corrected chi connectivity index (χ3v) is 3.46. The van der Waals surface area contributed by atoms with Gasteiger partial charge < -0.3 is 14.8 Å². The lowest BCUT2D eigenvalue weighted by Crippen LogP contribution is -2.30. The van der Waals surface area contributed by atoms with Crippen LogP contribution in [-0.4, -0.2) is 26.7 Å². The van der Waals surface area contributed by atoms with Gasteiger partial charge in [0.2, 0.25) is 5.91 Å². The summed E-state index contributed by atoms with van der Waals surface area (Å²) in [4.78, 5) is 12.0. The maximum absolute atomic E-state index is 12.0. The summed E-state index contributed by atoms with van der Waals surface area (Å²) >= 11 is 0. The van der Waals surface area contributed by atoms with Crippen LogP contribution in [0.25, 0.3) is 0 Å². The fourth-order valence-corrected chi connectivity index (χ4v) is 2.20. The first-order valence-electron chi connectivity index (χ1n) is 7.20. The number of ether oxygens (including phenoxy) is 2. The molecule has 116 valence electrons. The summed E-state index contributed by atoms with van der Waals surface area (Å²) in [6.07, 6.45) is 0.205. The molecule has 0 fully saturated rings. The van der Waals surface area contributed by atoms with Crippen molar-refractivity contribution in [1.29, 1.82) is 0 Å². The van der Waals surface area contributed by atoms with Gasteiger partial charge in [0.15, 0.2) is 0 Å². The SMILES string of the molecule is COc1ccc(CC(=O)NCC(OC)c2ccccc2)cc1. The van der Waals surface area contributed by atoms with E-state index in [2.05, 4.69) is 5.32 Å². The molecule has 0 aliphatic rings. The Morgan fingerprint density at radius 3 is 2.32 bits per heavy atom. The van der Waals surface area contributed by atoms with Gasteiger partial charge in [-0.15, -0.1) is 0 Å². The monoisotopic (exact) mass is 299 g/mol. The molecule has 0 spiro atoms. The molecule has 1 atom stereocenters. The molecule has 2 rings (SSSR count). The summed E-state index contributed by atoms with van der Waals surface area (Å²) in [5, 5.41) is 2.91. The first-order valence-corrected chi connectivity index (χ1v) is 7.20. The molecule has 2 aromatic rings. The average molecular weight is 299 g/mol. The van der Waals surface area contributed by atoms with Crippen LogP contribution in [-0.2, 0) is 16.0 Å². The largest absolute Gasteiger partial charge is 0.497 e. The predicted octanol–water partition coefficient (Wildman–Crippen LogP) is 2.74. The predicted molar refractivity (Wildman–Crippen MR) is 85.9 cm³/mol. The summed E-state index contributed by atoms with van der Waals surface area (Å²) in [5.74, 6) is 0.760. The molecule has 0 saturated carbocycles. The number of methoxy groups -OCH3 is 2. The minimum absolute atomic E-state index is 0.0249. The standard InChI is InChI=1S/C18H21NO3/c1-21-16-10-8-14(9-11-16)12-18(20)19-13-17(22-2)15-6-4-3-5-7-15/h3-11,17H,12-13H2,1-2H3,(H,19,20). The van der Waals surface area contributed by atoms with E-state index in [4.69, 9.17) is 9.47 Å². The molecule has 0 aliphatic carbocycles. The molecule has 0 saturated heterocycles.